The second-order valence-corrected chi connectivity index (χ2v) is 7.85. The van der Waals surface area contributed by atoms with Crippen molar-refractivity contribution in [2.75, 3.05) is 0 Å². The Bertz CT molecular complexity index is 1340. The number of aromatic nitrogens is 3. The third-order valence-electron chi connectivity index (χ3n) is 5.46. The highest BCUT2D eigenvalue weighted by Crippen LogP contribution is 2.36. The molecule has 0 amide bonds. The van der Waals surface area contributed by atoms with E-state index >= 15 is 0 Å². The van der Waals surface area contributed by atoms with Gasteiger partial charge in [0.05, 0.1) is 5.56 Å². The summed E-state index contributed by atoms with van der Waals surface area (Å²) in [6, 6.07) is 10.9. The maximum Gasteiger partial charge on any atom is 0.278 e. The maximum atomic E-state index is 14.9. The van der Waals surface area contributed by atoms with Gasteiger partial charge in [-0.1, -0.05) is 17.7 Å². The highest BCUT2D eigenvalue weighted by atomic mass is 35.5. The topological polar surface area (TPSA) is 60.0 Å². The Labute approximate surface area is 178 Å². The lowest BCUT2D eigenvalue weighted by Crippen LogP contribution is -2.23. The normalized spacial score (nSPS) is 11.4. The molecule has 0 aliphatic carbocycles. The first-order valence-corrected chi connectivity index (χ1v) is 9.93. The van der Waals surface area contributed by atoms with Gasteiger partial charge in [0.1, 0.15) is 11.5 Å². The number of fused-ring (bicyclic) bond motifs is 1. The van der Waals surface area contributed by atoms with E-state index in [2.05, 4.69) is 11.2 Å². The molecule has 5 nitrogen and oxygen atoms in total. The molecule has 0 spiro atoms. The molecule has 0 unspecified atom stereocenters. The molecule has 0 radical (unpaired) electrons. The van der Waals surface area contributed by atoms with Crippen LogP contribution in [0.5, 0.6) is 5.75 Å². The van der Waals surface area contributed by atoms with Gasteiger partial charge in [-0.05, 0) is 66.6 Å². The molecule has 0 fully saturated rings. The average molecular weight is 426 g/mol. The third kappa shape index (κ3) is 3.37. The maximum absolute atomic E-state index is 14.9. The second-order valence-electron chi connectivity index (χ2n) is 7.44. The molecule has 4 rings (SSSR count). The van der Waals surface area contributed by atoms with Gasteiger partial charge in [-0.15, -0.1) is 0 Å². The molecular formula is C23H21ClFN3O2. The summed E-state index contributed by atoms with van der Waals surface area (Å²) in [7, 11) is 3.46. The van der Waals surface area contributed by atoms with Crippen molar-refractivity contribution in [1.82, 2.24) is 14.3 Å². The zero-order valence-electron chi connectivity index (χ0n) is 16.9. The average Bonchev–Trinajstić information content (AvgIpc) is 3.08. The van der Waals surface area contributed by atoms with Crippen LogP contribution in [0.4, 0.5) is 4.39 Å². The summed E-state index contributed by atoms with van der Waals surface area (Å²) < 4.78 is 18.1. The Hall–Kier alpha value is -3.12. The first kappa shape index (κ1) is 20.2. The predicted octanol–water partition coefficient (Wildman–Crippen LogP) is 4.53. The van der Waals surface area contributed by atoms with Crippen LogP contribution in [-0.4, -0.2) is 19.5 Å². The van der Waals surface area contributed by atoms with Crippen LogP contribution in [0.15, 0.2) is 47.4 Å². The Balaban J connectivity index is 1.80. The number of aromatic hydroxyl groups is 1. The molecule has 0 atom stereocenters. The van der Waals surface area contributed by atoms with Gasteiger partial charge in [-0.3, -0.25) is 4.79 Å². The van der Waals surface area contributed by atoms with E-state index in [-0.39, 0.29) is 22.6 Å². The molecule has 154 valence electrons. The standard InChI is InChI=1S/C23H21ClFN3O2/c1-13-22(29)21(23(30)28(3)26-13)20-16(17(24)7-8-18(20)25)6-4-14-5-9-19-15(12-14)10-11-27(19)2/h5,7-12,29H,4,6H2,1-3H3. The van der Waals surface area contributed by atoms with Gasteiger partial charge >= 0.3 is 0 Å². The van der Waals surface area contributed by atoms with E-state index in [1.165, 1.54) is 19.2 Å². The molecule has 0 saturated heterocycles. The SMILES string of the molecule is Cc1nn(C)c(=O)c(-c2c(F)ccc(Cl)c2CCc2ccc3c(ccn3C)c2)c1O. The van der Waals surface area contributed by atoms with Gasteiger partial charge in [0.2, 0.25) is 0 Å². The fraction of sp³-hybridized carbons (Fsp3) is 0.217. The number of benzene rings is 2. The fourth-order valence-electron chi connectivity index (χ4n) is 3.85. The molecule has 0 aliphatic heterocycles. The Morgan fingerprint density at radius 2 is 1.87 bits per heavy atom. The molecule has 7 heteroatoms. The van der Waals surface area contributed by atoms with Crippen molar-refractivity contribution in [1.29, 1.82) is 0 Å². The minimum Gasteiger partial charge on any atom is -0.505 e. The van der Waals surface area contributed by atoms with Gasteiger partial charge in [0.25, 0.3) is 5.56 Å². The van der Waals surface area contributed by atoms with Crippen molar-refractivity contribution in [3.05, 3.63) is 80.6 Å². The third-order valence-corrected chi connectivity index (χ3v) is 5.81. The lowest BCUT2D eigenvalue weighted by molar-refractivity contribution is 0.460. The molecule has 30 heavy (non-hydrogen) atoms. The summed E-state index contributed by atoms with van der Waals surface area (Å²) in [4.78, 5) is 12.7. The van der Waals surface area contributed by atoms with Gasteiger partial charge in [0.15, 0.2) is 5.75 Å². The fourth-order valence-corrected chi connectivity index (χ4v) is 4.10. The van der Waals surface area contributed by atoms with Crippen molar-refractivity contribution in [2.45, 2.75) is 19.8 Å². The zero-order valence-corrected chi connectivity index (χ0v) is 17.7. The van der Waals surface area contributed by atoms with Gasteiger partial charge < -0.3 is 9.67 Å². The molecule has 4 aromatic rings. The molecule has 1 N–H and O–H groups in total. The molecule has 2 aromatic carbocycles. The van der Waals surface area contributed by atoms with Crippen molar-refractivity contribution < 1.29 is 9.50 Å². The van der Waals surface area contributed by atoms with Crippen LogP contribution in [0, 0.1) is 12.7 Å². The lowest BCUT2D eigenvalue weighted by atomic mass is 9.94. The summed E-state index contributed by atoms with van der Waals surface area (Å²) in [5, 5.41) is 15.9. The van der Waals surface area contributed by atoms with Crippen molar-refractivity contribution in [3.63, 3.8) is 0 Å². The van der Waals surface area contributed by atoms with E-state index in [1.807, 2.05) is 36.0 Å². The molecule has 0 bridgehead atoms. The van der Waals surface area contributed by atoms with Crippen LogP contribution in [0.25, 0.3) is 22.0 Å². The Morgan fingerprint density at radius 3 is 2.63 bits per heavy atom. The quantitative estimate of drug-likeness (QED) is 0.522. The smallest absolute Gasteiger partial charge is 0.278 e. The minimum absolute atomic E-state index is 0.0342. The van der Waals surface area contributed by atoms with Gasteiger partial charge in [-0.25, -0.2) is 9.07 Å². The second kappa shape index (κ2) is 7.61. The minimum atomic E-state index is -0.606. The van der Waals surface area contributed by atoms with Crippen LogP contribution in [-0.2, 0) is 26.9 Å². The lowest BCUT2D eigenvalue weighted by Gasteiger charge is -2.15. The summed E-state index contributed by atoms with van der Waals surface area (Å²) in [5.74, 6) is -0.933. The summed E-state index contributed by atoms with van der Waals surface area (Å²) >= 11 is 6.42. The summed E-state index contributed by atoms with van der Waals surface area (Å²) in [6.45, 7) is 1.56. The monoisotopic (exact) mass is 425 g/mol. The van der Waals surface area contributed by atoms with Crippen molar-refractivity contribution in [3.8, 4) is 16.9 Å². The van der Waals surface area contributed by atoms with Crippen LogP contribution in [0.2, 0.25) is 5.02 Å². The largest absolute Gasteiger partial charge is 0.505 e. The highest BCUT2D eigenvalue weighted by Gasteiger charge is 2.23. The zero-order chi connectivity index (χ0) is 21.6. The number of aryl methyl sites for hydroxylation is 4. The predicted molar refractivity (Wildman–Crippen MR) is 117 cm³/mol. The molecule has 2 heterocycles. The van der Waals surface area contributed by atoms with E-state index in [0.717, 1.165) is 21.1 Å². The molecule has 0 aliphatic rings. The summed E-state index contributed by atoms with van der Waals surface area (Å²) in [5.41, 5.74) is 2.28. The number of hydrogen-bond donors (Lipinski definition) is 1. The van der Waals surface area contributed by atoms with Crippen LogP contribution in [0.3, 0.4) is 0 Å². The molecular weight excluding hydrogens is 405 g/mol. The highest BCUT2D eigenvalue weighted by molar-refractivity contribution is 6.31. The van der Waals surface area contributed by atoms with Gasteiger partial charge in [0, 0.05) is 36.4 Å². The summed E-state index contributed by atoms with van der Waals surface area (Å²) in [6.07, 6.45) is 3.01. The molecule has 2 aromatic heterocycles. The molecule has 0 saturated carbocycles. The first-order valence-electron chi connectivity index (χ1n) is 9.56. The van der Waals surface area contributed by atoms with Crippen LogP contribution < -0.4 is 5.56 Å². The van der Waals surface area contributed by atoms with E-state index in [1.54, 1.807) is 6.92 Å². The van der Waals surface area contributed by atoms with E-state index in [4.69, 9.17) is 11.6 Å². The van der Waals surface area contributed by atoms with Crippen molar-refractivity contribution in [2.24, 2.45) is 14.1 Å². The van der Waals surface area contributed by atoms with E-state index in [0.29, 0.717) is 23.4 Å². The number of rotatable bonds is 4. The van der Waals surface area contributed by atoms with Crippen molar-refractivity contribution >= 4 is 22.5 Å². The number of hydrogen-bond acceptors (Lipinski definition) is 3. The van der Waals surface area contributed by atoms with Crippen LogP contribution in [0.1, 0.15) is 16.8 Å². The van der Waals surface area contributed by atoms with E-state index < -0.39 is 11.4 Å². The van der Waals surface area contributed by atoms with E-state index in [9.17, 15) is 14.3 Å². The Kier molecular flexibility index (Phi) is 5.12. The number of halogens is 2. The van der Waals surface area contributed by atoms with Crippen LogP contribution >= 0.6 is 11.6 Å². The van der Waals surface area contributed by atoms with Gasteiger partial charge in [-0.2, -0.15) is 5.10 Å². The number of nitrogens with zero attached hydrogens (tertiary/aromatic N) is 3. The Morgan fingerprint density at radius 1 is 1.10 bits per heavy atom. The first-order chi connectivity index (χ1) is 14.3.